The lowest BCUT2D eigenvalue weighted by Crippen LogP contribution is -2.17. The quantitative estimate of drug-likeness (QED) is 0.0637. The van der Waals surface area contributed by atoms with Crippen molar-refractivity contribution >= 4 is 0 Å². The molecule has 1 saturated heterocycles. The Morgan fingerprint density at radius 1 is 0.360 bits per heavy atom. The number of benzene rings is 6. The molecular weight excluding hydrogens is 1100 g/mol. The molecule has 1 heterocycles. The summed E-state index contributed by atoms with van der Waals surface area (Å²) in [6.45, 7) is 44.1. The molecule has 8 heteroatoms. The second kappa shape index (κ2) is 46.9. The van der Waals surface area contributed by atoms with Crippen LogP contribution in [0.3, 0.4) is 0 Å². The third-order valence-corrected chi connectivity index (χ3v) is 17.5. The molecule has 6 nitrogen and oxygen atoms in total. The number of ether oxygens (including phenoxy) is 5. The van der Waals surface area contributed by atoms with Gasteiger partial charge in [-0.1, -0.05) is 256 Å². The second-order valence-corrected chi connectivity index (χ2v) is 26.9. The number of hydrogen-bond acceptors (Lipinski definition) is 6. The summed E-state index contributed by atoms with van der Waals surface area (Å²) >= 11 is 0. The van der Waals surface area contributed by atoms with E-state index in [4.69, 9.17) is 23.7 Å². The van der Waals surface area contributed by atoms with Gasteiger partial charge in [0.15, 0.2) is 0 Å². The van der Waals surface area contributed by atoms with Gasteiger partial charge in [-0.15, -0.1) is 0 Å². The van der Waals surface area contributed by atoms with Crippen LogP contribution >= 0.6 is 0 Å². The lowest BCUT2D eigenvalue weighted by atomic mass is 9.82. The summed E-state index contributed by atoms with van der Waals surface area (Å²) in [5.74, 6) is 8.81. The van der Waals surface area contributed by atoms with Gasteiger partial charge in [0, 0.05) is 84.8 Å². The van der Waals surface area contributed by atoms with Crippen LogP contribution in [0.15, 0.2) is 164 Å². The highest BCUT2D eigenvalue weighted by Gasteiger charge is 2.33. The predicted molar refractivity (Wildman–Crippen MR) is 379 cm³/mol. The van der Waals surface area contributed by atoms with Gasteiger partial charge in [0.2, 0.25) is 0 Å². The zero-order valence-corrected chi connectivity index (χ0v) is 59.9. The Hall–Kier alpha value is -5.06. The average Bonchev–Trinajstić information content (AvgIpc) is 2.59. The van der Waals surface area contributed by atoms with Crippen LogP contribution in [0.1, 0.15) is 185 Å². The maximum Gasteiger partial charge on any atom is 0.123 e. The van der Waals surface area contributed by atoms with Crippen LogP contribution in [0.25, 0.3) is 0 Å². The molecule has 1 aliphatic heterocycles. The van der Waals surface area contributed by atoms with Crippen LogP contribution in [-0.4, -0.2) is 93.6 Å². The summed E-state index contributed by atoms with van der Waals surface area (Å²) in [5.41, 5.74) is 9.31. The lowest BCUT2D eigenvalue weighted by Gasteiger charge is -2.22. The zero-order chi connectivity index (χ0) is 67.0. The van der Waals surface area contributed by atoms with Crippen LogP contribution < -0.4 is 0 Å². The van der Waals surface area contributed by atoms with Crippen LogP contribution in [0.5, 0.6) is 0 Å². The molecule has 0 saturated carbocycles. The first kappa shape index (κ1) is 82.0. The molecule has 8 atom stereocenters. The van der Waals surface area contributed by atoms with Crippen molar-refractivity contribution in [1.82, 2.24) is 4.90 Å². The normalized spacial score (nSPS) is 15.8. The van der Waals surface area contributed by atoms with E-state index in [1.807, 2.05) is 36.4 Å². The van der Waals surface area contributed by atoms with Gasteiger partial charge in [0.05, 0.1) is 26.4 Å². The lowest BCUT2D eigenvalue weighted by molar-refractivity contribution is 0.138. The average molecular weight is 1230 g/mol. The van der Waals surface area contributed by atoms with E-state index in [9.17, 15) is 8.78 Å². The van der Waals surface area contributed by atoms with E-state index in [1.54, 1.807) is 35.5 Å². The molecule has 0 spiro atoms. The SMILES string of the molecule is CC(C)[C@H](C)c1ccc(F)cc1.CC(C)[C@H]1CN(C)C[C@@H]1c1ccccc1.COC[C@@H](C)C(C)C.COC[C@@H](c1ccc(C)cc1)C(C)C.COC[C@H](c1ccc(F)cc1)C(C)C.COC[C@H](c1ccccc1)C(C)C.COC[C@H](c1ccccc1)C(C)C. The van der Waals surface area contributed by atoms with Gasteiger partial charge in [0.1, 0.15) is 11.6 Å². The van der Waals surface area contributed by atoms with E-state index in [1.165, 1.54) is 70.7 Å². The Balaban J connectivity index is 0.000000522. The van der Waals surface area contributed by atoms with Gasteiger partial charge in [-0.25, -0.2) is 8.78 Å². The standard InChI is InChI=1S/C14H21N.C13H20O.C12H17FO.2C12H18O.C11H15F.C7H16O/c1-11(2)13-9-15(3)10-14(13)12-7-5-4-6-8-12;1-10(2)13(9-14-4)12-7-5-11(3)6-8-12;1-9(2)12(8-14-3)10-4-6-11(13)7-5-10;2*1-10(2)12(9-13-3)11-7-5-4-6-8-11;1-8(2)9(3)10-4-6-11(12)7-5-10;1-6(2)7(3)5-8-4/h4-8,11,13-14H,9-10H2,1-3H3;5-8,10,13H,9H2,1-4H3;4-7,9,12H,8H2,1-3H3;2*4-8,10,12H,9H2,1-3H3;4-9H,1-3H3;6-7H,5H2,1-4H3/t13-,14-;13-;3*12-;9-;7-/m1100001/s1. The number of methoxy groups -OCH3 is 5. The monoisotopic (exact) mass is 1230 g/mol. The molecule has 0 aromatic heterocycles. The number of likely N-dealkylation sites (tertiary alicyclic amines) is 1. The molecule has 0 aliphatic carbocycles. The largest absolute Gasteiger partial charge is 0.384 e. The summed E-state index contributed by atoms with van der Waals surface area (Å²) < 4.78 is 51.1. The fraction of sp³-hybridized carbons (Fsp3) is 0.556. The summed E-state index contributed by atoms with van der Waals surface area (Å²) in [6, 6.07) is 54.3. The van der Waals surface area contributed by atoms with Crippen molar-refractivity contribution in [2.24, 2.45) is 53.3 Å². The highest BCUT2D eigenvalue weighted by molar-refractivity contribution is 5.27. The van der Waals surface area contributed by atoms with Gasteiger partial charge in [-0.2, -0.15) is 0 Å². The predicted octanol–water partition coefficient (Wildman–Crippen LogP) is 21.2. The molecular formula is C81H125F2NO5. The first-order chi connectivity index (χ1) is 42.3. The first-order valence-corrected chi connectivity index (χ1v) is 33.1. The van der Waals surface area contributed by atoms with Gasteiger partial charge >= 0.3 is 0 Å². The fourth-order valence-corrected chi connectivity index (χ4v) is 10.7. The smallest absolute Gasteiger partial charge is 0.123 e. The number of nitrogens with zero attached hydrogens (tertiary/aromatic N) is 1. The summed E-state index contributed by atoms with van der Waals surface area (Å²) in [5, 5.41) is 0. The van der Waals surface area contributed by atoms with Crippen LogP contribution in [0.4, 0.5) is 8.78 Å². The molecule has 498 valence electrons. The fourth-order valence-electron chi connectivity index (χ4n) is 10.7. The van der Waals surface area contributed by atoms with Crippen molar-refractivity contribution < 1.29 is 32.5 Å². The molecule has 7 rings (SSSR count). The van der Waals surface area contributed by atoms with Crippen molar-refractivity contribution in [2.45, 2.75) is 153 Å². The molecule has 0 bridgehead atoms. The third kappa shape index (κ3) is 33.2. The number of aryl methyl sites for hydroxylation is 1. The number of hydrogen-bond donors (Lipinski definition) is 0. The Labute approximate surface area is 544 Å². The Bertz CT molecular complexity index is 2460. The van der Waals surface area contributed by atoms with Gasteiger partial charge in [0.25, 0.3) is 0 Å². The van der Waals surface area contributed by atoms with Crippen molar-refractivity contribution in [2.75, 3.05) is 88.7 Å². The second-order valence-electron chi connectivity index (χ2n) is 26.9. The van der Waals surface area contributed by atoms with Crippen LogP contribution in [0, 0.1) is 71.8 Å². The highest BCUT2D eigenvalue weighted by atomic mass is 19.1. The molecule has 0 radical (unpaired) electrons. The van der Waals surface area contributed by atoms with Gasteiger partial charge in [-0.05, 0) is 131 Å². The van der Waals surface area contributed by atoms with Crippen molar-refractivity contribution in [3.05, 3.63) is 214 Å². The summed E-state index contributed by atoms with van der Waals surface area (Å²) in [7, 11) is 11.0. The van der Waals surface area contributed by atoms with E-state index < -0.39 is 0 Å². The minimum Gasteiger partial charge on any atom is -0.384 e. The van der Waals surface area contributed by atoms with E-state index in [0.29, 0.717) is 71.7 Å². The first-order valence-electron chi connectivity index (χ1n) is 33.1. The highest BCUT2D eigenvalue weighted by Crippen LogP contribution is 2.36. The van der Waals surface area contributed by atoms with Crippen molar-refractivity contribution in [3.8, 4) is 0 Å². The zero-order valence-electron chi connectivity index (χ0n) is 59.9. The summed E-state index contributed by atoms with van der Waals surface area (Å²) in [4.78, 5) is 2.46. The van der Waals surface area contributed by atoms with Crippen molar-refractivity contribution in [1.29, 1.82) is 0 Å². The van der Waals surface area contributed by atoms with Crippen LogP contribution in [0.2, 0.25) is 0 Å². The maximum atomic E-state index is 12.7. The van der Waals surface area contributed by atoms with E-state index in [-0.39, 0.29) is 11.6 Å². The minimum atomic E-state index is -0.186. The topological polar surface area (TPSA) is 49.4 Å². The summed E-state index contributed by atoms with van der Waals surface area (Å²) in [6.07, 6.45) is 0. The molecule has 0 unspecified atom stereocenters. The third-order valence-electron chi connectivity index (χ3n) is 17.5. The molecule has 0 amide bonds. The Kier molecular flexibility index (Phi) is 43.2. The number of rotatable bonds is 23. The van der Waals surface area contributed by atoms with E-state index in [2.05, 4.69) is 233 Å². The van der Waals surface area contributed by atoms with Gasteiger partial charge < -0.3 is 28.6 Å². The van der Waals surface area contributed by atoms with Crippen molar-refractivity contribution in [3.63, 3.8) is 0 Å². The molecule has 1 aliphatic rings. The van der Waals surface area contributed by atoms with E-state index in [0.717, 1.165) is 55.7 Å². The minimum absolute atomic E-state index is 0.158. The number of likely N-dealkylation sites (N-methyl/N-ethyl adjacent to an activating group) is 1. The maximum absolute atomic E-state index is 12.7. The van der Waals surface area contributed by atoms with Gasteiger partial charge in [-0.3, -0.25) is 0 Å². The molecule has 0 N–H and O–H groups in total. The number of halogens is 2. The Morgan fingerprint density at radius 3 is 0.944 bits per heavy atom. The molecule has 1 fully saturated rings. The van der Waals surface area contributed by atoms with Crippen LogP contribution in [-0.2, 0) is 23.7 Å². The molecule has 6 aromatic carbocycles. The van der Waals surface area contributed by atoms with E-state index >= 15 is 0 Å². The Morgan fingerprint density at radius 2 is 0.663 bits per heavy atom. The molecule has 6 aromatic rings. The molecule has 89 heavy (non-hydrogen) atoms.